The standard InChI is InChI=1S/C72H47B2N2P/c1-7-22-48(23-8-1)53-38-41-63-60(44-53)73-59-36-19-20-37-67(59)77(56-32-17-6-18-33-56)68-47-66-69-72(70(68)73)75(63)64-42-39-54(49-24-9-2-10-25-49)45-61(64)74(69)62-46-55(50-26-11-3-12-27-50)40-43-65(62)76(66)71-57(51-28-13-4-14-29-51)34-21-35-58(71)52-30-15-5-16-31-52/h1-47H. The van der Waals surface area contributed by atoms with Crippen molar-refractivity contribution in [3.05, 3.63) is 285 Å². The number of fused-ring (bicyclic) bond motifs is 10. The van der Waals surface area contributed by atoms with Crippen molar-refractivity contribution in [2.75, 3.05) is 9.80 Å². The van der Waals surface area contributed by atoms with Crippen LogP contribution in [0.3, 0.4) is 0 Å². The van der Waals surface area contributed by atoms with E-state index in [9.17, 15) is 0 Å². The maximum absolute atomic E-state index is 2.71. The topological polar surface area (TPSA) is 6.48 Å². The molecule has 2 nitrogen and oxygen atoms in total. The summed E-state index contributed by atoms with van der Waals surface area (Å²) in [6, 6.07) is 107. The van der Waals surface area contributed by atoms with Crippen LogP contribution in [-0.2, 0) is 0 Å². The molecule has 0 radical (unpaired) electrons. The van der Waals surface area contributed by atoms with Crippen LogP contribution in [0.25, 0.3) is 55.6 Å². The summed E-state index contributed by atoms with van der Waals surface area (Å²) in [5.41, 5.74) is 27.6. The van der Waals surface area contributed by atoms with Crippen molar-refractivity contribution in [2.24, 2.45) is 0 Å². The maximum Gasteiger partial charge on any atom is 0.252 e. The number of para-hydroxylation sites is 1. The summed E-state index contributed by atoms with van der Waals surface area (Å²) in [5, 5.41) is 4.20. The SMILES string of the molecule is c1ccc(-c2ccc3c(c2)B2c4cc(-c5ccccc5)ccc4N4c5ccc(-c6ccccc6)cc5B5c6ccccc6P(c6ccccc6)c6cc(c2c4c65)N3c2c(-c3ccccc3)cccc2-c2ccccc2)cc1. The van der Waals surface area contributed by atoms with Gasteiger partial charge in [-0.3, -0.25) is 0 Å². The van der Waals surface area contributed by atoms with Gasteiger partial charge < -0.3 is 9.80 Å². The van der Waals surface area contributed by atoms with Crippen LogP contribution in [-0.4, -0.2) is 13.4 Å². The van der Waals surface area contributed by atoms with Crippen LogP contribution in [0.2, 0.25) is 0 Å². The Morgan fingerprint density at radius 1 is 0.247 bits per heavy atom. The molecule has 0 spiro atoms. The van der Waals surface area contributed by atoms with E-state index in [-0.39, 0.29) is 13.4 Å². The highest BCUT2D eigenvalue weighted by molar-refractivity contribution is 7.81. The summed E-state index contributed by atoms with van der Waals surface area (Å²) < 4.78 is 0. The fourth-order valence-corrected chi connectivity index (χ4v) is 16.1. The number of rotatable bonds is 7. The van der Waals surface area contributed by atoms with Gasteiger partial charge in [-0.25, -0.2) is 0 Å². The zero-order valence-corrected chi connectivity index (χ0v) is 43.0. The number of anilines is 6. The minimum atomic E-state index is -1.03. The Kier molecular flexibility index (Phi) is 10.1. The van der Waals surface area contributed by atoms with E-state index in [0.717, 1.165) is 0 Å². The number of nitrogens with zero attached hydrogens (tertiary/aromatic N) is 2. The zero-order chi connectivity index (χ0) is 50.6. The van der Waals surface area contributed by atoms with E-state index in [0.29, 0.717) is 0 Å². The minimum absolute atomic E-state index is 0.00773. The molecule has 356 valence electrons. The second kappa shape index (κ2) is 17.7. The molecule has 16 rings (SSSR count). The van der Waals surface area contributed by atoms with Gasteiger partial charge in [-0.05, 0) is 120 Å². The van der Waals surface area contributed by atoms with Gasteiger partial charge >= 0.3 is 0 Å². The average Bonchev–Trinajstić information content (AvgIpc) is 3.69. The summed E-state index contributed by atoms with van der Waals surface area (Å²) in [4.78, 5) is 5.40. The summed E-state index contributed by atoms with van der Waals surface area (Å²) >= 11 is 0. The zero-order valence-electron chi connectivity index (χ0n) is 42.1. The summed E-state index contributed by atoms with van der Waals surface area (Å²) in [6.07, 6.45) is 0. The molecule has 0 N–H and O–H groups in total. The van der Waals surface area contributed by atoms with E-state index in [2.05, 4.69) is 295 Å². The summed E-state index contributed by atoms with van der Waals surface area (Å²) in [5.74, 6) is 0. The van der Waals surface area contributed by atoms with E-state index < -0.39 is 7.92 Å². The first-order valence-corrected chi connectivity index (χ1v) is 28.2. The molecule has 1 unspecified atom stereocenters. The minimum Gasteiger partial charge on any atom is -0.312 e. The predicted molar refractivity (Wildman–Crippen MR) is 331 cm³/mol. The molecular formula is C72H47B2N2P. The highest BCUT2D eigenvalue weighted by atomic mass is 31.1. The van der Waals surface area contributed by atoms with E-state index in [1.807, 2.05) is 0 Å². The third-order valence-corrected chi connectivity index (χ3v) is 19.2. The molecular weight excluding hydrogens is 945 g/mol. The Morgan fingerprint density at radius 3 is 1.10 bits per heavy atom. The van der Waals surface area contributed by atoms with Crippen molar-refractivity contribution in [3.8, 4) is 55.6 Å². The van der Waals surface area contributed by atoms with Crippen molar-refractivity contribution >= 4 is 104 Å². The molecule has 1 atom stereocenters. The molecule has 0 aliphatic carbocycles. The molecule has 0 saturated heterocycles. The highest BCUT2D eigenvalue weighted by Gasteiger charge is 2.52. The Hall–Kier alpha value is -9.20. The molecule has 0 saturated carbocycles. The predicted octanol–water partition coefficient (Wildman–Crippen LogP) is 13.0. The first-order chi connectivity index (χ1) is 38.2. The summed E-state index contributed by atoms with van der Waals surface area (Å²) in [7, 11) is -1.03. The van der Waals surface area contributed by atoms with Gasteiger partial charge in [0, 0.05) is 39.6 Å². The lowest BCUT2D eigenvalue weighted by Gasteiger charge is -2.51. The van der Waals surface area contributed by atoms with Crippen LogP contribution in [0.4, 0.5) is 34.1 Å². The molecule has 77 heavy (non-hydrogen) atoms. The third-order valence-electron chi connectivity index (χ3n) is 16.6. The number of hydrogen-bond donors (Lipinski definition) is 0. The van der Waals surface area contributed by atoms with E-state index in [1.54, 1.807) is 0 Å². The van der Waals surface area contributed by atoms with E-state index in [1.165, 1.54) is 138 Å². The second-order valence-corrected chi connectivity index (χ2v) is 22.9. The lowest BCUT2D eigenvalue weighted by atomic mass is 9.29. The molecule has 4 heterocycles. The lowest BCUT2D eigenvalue weighted by Crippen LogP contribution is -2.72. The van der Waals surface area contributed by atoms with Crippen molar-refractivity contribution in [1.29, 1.82) is 0 Å². The number of hydrogen-bond acceptors (Lipinski definition) is 2. The highest BCUT2D eigenvalue weighted by Crippen LogP contribution is 2.52. The molecule has 0 bridgehead atoms. The Balaban J connectivity index is 1.09. The Bertz CT molecular complexity index is 4230. The summed E-state index contributed by atoms with van der Waals surface area (Å²) in [6.45, 7) is -0.114. The molecule has 0 amide bonds. The first-order valence-electron chi connectivity index (χ1n) is 26.8. The van der Waals surface area contributed by atoms with Crippen LogP contribution in [0, 0.1) is 0 Å². The normalized spacial score (nSPS) is 14.0. The monoisotopic (exact) mass is 992 g/mol. The molecule has 12 aromatic carbocycles. The van der Waals surface area contributed by atoms with Crippen molar-refractivity contribution in [3.63, 3.8) is 0 Å². The fraction of sp³-hybridized carbons (Fsp3) is 0. The number of benzene rings is 12. The fourth-order valence-electron chi connectivity index (χ4n) is 13.4. The van der Waals surface area contributed by atoms with Crippen LogP contribution in [0.5, 0.6) is 0 Å². The van der Waals surface area contributed by atoms with Crippen molar-refractivity contribution in [1.82, 2.24) is 0 Å². The average molecular weight is 993 g/mol. The second-order valence-electron chi connectivity index (χ2n) is 20.7. The third kappa shape index (κ3) is 6.82. The van der Waals surface area contributed by atoms with Crippen LogP contribution in [0.1, 0.15) is 0 Å². The lowest BCUT2D eigenvalue weighted by molar-refractivity contribution is 1.26. The quantitative estimate of drug-likeness (QED) is 0.116. The van der Waals surface area contributed by atoms with Gasteiger partial charge in [0.2, 0.25) is 6.71 Å². The van der Waals surface area contributed by atoms with E-state index >= 15 is 0 Å². The molecule has 0 aromatic heterocycles. The van der Waals surface area contributed by atoms with Gasteiger partial charge in [0.15, 0.2) is 0 Å². The van der Waals surface area contributed by atoms with Crippen LogP contribution < -0.4 is 58.5 Å². The first kappa shape index (κ1) is 44.1. The van der Waals surface area contributed by atoms with Crippen molar-refractivity contribution < 1.29 is 0 Å². The van der Waals surface area contributed by atoms with Crippen LogP contribution in [0.15, 0.2) is 285 Å². The van der Waals surface area contributed by atoms with Crippen molar-refractivity contribution in [2.45, 2.75) is 0 Å². The Labute approximate surface area is 452 Å². The van der Waals surface area contributed by atoms with Gasteiger partial charge in [-0.15, -0.1) is 0 Å². The molecule has 4 aliphatic rings. The van der Waals surface area contributed by atoms with Gasteiger partial charge in [0.1, 0.15) is 0 Å². The molecule has 0 fully saturated rings. The molecule has 5 heteroatoms. The van der Waals surface area contributed by atoms with E-state index in [4.69, 9.17) is 0 Å². The molecule has 12 aromatic rings. The smallest absolute Gasteiger partial charge is 0.252 e. The van der Waals surface area contributed by atoms with Gasteiger partial charge in [-0.1, -0.05) is 266 Å². The van der Waals surface area contributed by atoms with Gasteiger partial charge in [-0.2, -0.15) is 0 Å². The molecule has 4 aliphatic heterocycles. The largest absolute Gasteiger partial charge is 0.312 e. The maximum atomic E-state index is 2.71. The Morgan fingerprint density at radius 2 is 0.636 bits per heavy atom. The van der Waals surface area contributed by atoms with Gasteiger partial charge in [0.25, 0.3) is 6.71 Å². The van der Waals surface area contributed by atoms with Gasteiger partial charge in [0.05, 0.1) is 5.69 Å². The van der Waals surface area contributed by atoms with Crippen LogP contribution >= 0.6 is 7.92 Å².